The van der Waals surface area contributed by atoms with Gasteiger partial charge in [-0.1, -0.05) is 24.6 Å². The standard InChI is InChI=1S/C13H15ClO3/c1-2-9(8-15)5-10-6-11(14)13-12(7-10)16-3-4-17-13/h5-7,15H,2-4,8H2,1H3. The smallest absolute Gasteiger partial charge is 0.179 e. The van der Waals surface area contributed by atoms with Crippen LogP contribution in [-0.2, 0) is 0 Å². The summed E-state index contributed by atoms with van der Waals surface area (Å²) in [4.78, 5) is 0. The topological polar surface area (TPSA) is 38.7 Å². The van der Waals surface area contributed by atoms with E-state index in [1.807, 2.05) is 25.1 Å². The SMILES string of the molecule is CCC(=Cc1cc(Cl)c2c(c1)OCCO2)CO. The van der Waals surface area contributed by atoms with E-state index in [-0.39, 0.29) is 6.61 Å². The summed E-state index contributed by atoms with van der Waals surface area (Å²) in [6.45, 7) is 3.13. The normalized spacial score (nSPS) is 14.9. The molecule has 1 heterocycles. The van der Waals surface area contributed by atoms with Crippen molar-refractivity contribution < 1.29 is 14.6 Å². The van der Waals surface area contributed by atoms with Crippen LogP contribution in [0.4, 0.5) is 0 Å². The Bertz CT molecular complexity index is 435. The van der Waals surface area contributed by atoms with Crippen LogP contribution in [0, 0.1) is 0 Å². The molecule has 0 amide bonds. The van der Waals surface area contributed by atoms with Gasteiger partial charge in [-0.05, 0) is 29.7 Å². The van der Waals surface area contributed by atoms with Crippen molar-refractivity contribution in [3.05, 3.63) is 28.3 Å². The minimum Gasteiger partial charge on any atom is -0.486 e. The van der Waals surface area contributed by atoms with E-state index in [1.165, 1.54) is 0 Å². The molecule has 92 valence electrons. The monoisotopic (exact) mass is 254 g/mol. The average Bonchev–Trinajstić information content (AvgIpc) is 2.36. The van der Waals surface area contributed by atoms with Gasteiger partial charge in [0.1, 0.15) is 13.2 Å². The highest BCUT2D eigenvalue weighted by Crippen LogP contribution is 2.38. The van der Waals surface area contributed by atoms with Crippen molar-refractivity contribution in [2.24, 2.45) is 0 Å². The number of hydrogen-bond acceptors (Lipinski definition) is 3. The Morgan fingerprint density at radius 3 is 2.88 bits per heavy atom. The quantitative estimate of drug-likeness (QED) is 0.902. The lowest BCUT2D eigenvalue weighted by atomic mass is 10.1. The van der Waals surface area contributed by atoms with Crippen molar-refractivity contribution in [2.45, 2.75) is 13.3 Å². The molecule has 0 aromatic heterocycles. The summed E-state index contributed by atoms with van der Waals surface area (Å²) in [5.74, 6) is 1.28. The molecule has 1 aromatic carbocycles. The lowest BCUT2D eigenvalue weighted by Crippen LogP contribution is -2.15. The summed E-state index contributed by atoms with van der Waals surface area (Å²) in [6, 6.07) is 3.70. The molecule has 0 fully saturated rings. The number of fused-ring (bicyclic) bond motifs is 1. The van der Waals surface area contributed by atoms with Crippen LogP contribution in [-0.4, -0.2) is 24.9 Å². The Labute approximate surface area is 106 Å². The summed E-state index contributed by atoms with van der Waals surface area (Å²) in [7, 11) is 0. The molecule has 3 nitrogen and oxygen atoms in total. The summed E-state index contributed by atoms with van der Waals surface area (Å²) < 4.78 is 10.9. The Kier molecular flexibility index (Phi) is 3.92. The molecule has 0 spiro atoms. The molecule has 0 radical (unpaired) electrons. The largest absolute Gasteiger partial charge is 0.486 e. The zero-order chi connectivity index (χ0) is 12.3. The fourth-order valence-corrected chi connectivity index (χ4v) is 1.98. The van der Waals surface area contributed by atoms with E-state index >= 15 is 0 Å². The Morgan fingerprint density at radius 1 is 1.41 bits per heavy atom. The maximum atomic E-state index is 9.14. The number of aliphatic hydroxyl groups excluding tert-OH is 1. The molecule has 4 heteroatoms. The number of benzene rings is 1. The number of aliphatic hydroxyl groups is 1. The molecular formula is C13H15ClO3. The lowest BCUT2D eigenvalue weighted by Gasteiger charge is -2.19. The van der Waals surface area contributed by atoms with E-state index in [1.54, 1.807) is 0 Å². The van der Waals surface area contributed by atoms with Gasteiger partial charge in [0.15, 0.2) is 11.5 Å². The van der Waals surface area contributed by atoms with Crippen LogP contribution in [0.2, 0.25) is 5.02 Å². The van der Waals surface area contributed by atoms with Gasteiger partial charge >= 0.3 is 0 Å². The van der Waals surface area contributed by atoms with Crippen LogP contribution in [0.15, 0.2) is 17.7 Å². The molecule has 1 aromatic rings. The number of hydrogen-bond donors (Lipinski definition) is 1. The van der Waals surface area contributed by atoms with Crippen molar-refractivity contribution in [3.63, 3.8) is 0 Å². The summed E-state index contributed by atoms with van der Waals surface area (Å²) in [6.07, 6.45) is 2.73. The second-order valence-corrected chi connectivity index (χ2v) is 4.25. The molecule has 0 saturated carbocycles. The number of ether oxygens (including phenoxy) is 2. The van der Waals surface area contributed by atoms with Gasteiger partial charge in [0.25, 0.3) is 0 Å². The highest BCUT2D eigenvalue weighted by atomic mass is 35.5. The molecular weight excluding hydrogens is 240 g/mol. The van der Waals surface area contributed by atoms with Gasteiger partial charge in [-0.15, -0.1) is 0 Å². The first-order valence-electron chi connectivity index (χ1n) is 5.64. The predicted octanol–water partition coefficient (Wildman–Crippen LogP) is 2.90. The second-order valence-electron chi connectivity index (χ2n) is 3.84. The maximum Gasteiger partial charge on any atom is 0.179 e. The molecule has 1 aliphatic heterocycles. The van der Waals surface area contributed by atoms with Crippen molar-refractivity contribution in [2.75, 3.05) is 19.8 Å². The predicted molar refractivity (Wildman–Crippen MR) is 67.8 cm³/mol. The second kappa shape index (κ2) is 5.43. The van der Waals surface area contributed by atoms with Crippen LogP contribution < -0.4 is 9.47 Å². The first-order chi connectivity index (χ1) is 8.24. The average molecular weight is 255 g/mol. The van der Waals surface area contributed by atoms with Gasteiger partial charge in [-0.25, -0.2) is 0 Å². The zero-order valence-corrected chi connectivity index (χ0v) is 10.5. The molecule has 1 aliphatic rings. The van der Waals surface area contributed by atoms with Crippen LogP contribution in [0.5, 0.6) is 11.5 Å². The summed E-state index contributed by atoms with van der Waals surface area (Å²) in [5, 5.41) is 9.68. The summed E-state index contributed by atoms with van der Waals surface area (Å²) >= 11 is 6.12. The minimum absolute atomic E-state index is 0.0581. The van der Waals surface area contributed by atoms with Crippen LogP contribution >= 0.6 is 11.6 Å². The van der Waals surface area contributed by atoms with E-state index in [0.717, 1.165) is 17.6 Å². The fraction of sp³-hybridized carbons (Fsp3) is 0.385. The van der Waals surface area contributed by atoms with Crippen LogP contribution in [0.25, 0.3) is 6.08 Å². The van der Waals surface area contributed by atoms with Gasteiger partial charge in [0.2, 0.25) is 0 Å². The van der Waals surface area contributed by atoms with E-state index in [4.69, 9.17) is 26.2 Å². The summed E-state index contributed by atoms with van der Waals surface area (Å²) in [5.41, 5.74) is 1.88. The Balaban J connectivity index is 2.37. The van der Waals surface area contributed by atoms with Crippen molar-refractivity contribution in [1.82, 2.24) is 0 Å². The zero-order valence-electron chi connectivity index (χ0n) is 9.70. The first kappa shape index (κ1) is 12.3. The molecule has 17 heavy (non-hydrogen) atoms. The minimum atomic E-state index is 0.0581. The van der Waals surface area contributed by atoms with Gasteiger partial charge in [0.05, 0.1) is 11.6 Å². The van der Waals surface area contributed by atoms with Crippen molar-refractivity contribution in [3.8, 4) is 11.5 Å². The van der Waals surface area contributed by atoms with Gasteiger partial charge in [0, 0.05) is 0 Å². The van der Waals surface area contributed by atoms with Crippen LogP contribution in [0.1, 0.15) is 18.9 Å². The van der Waals surface area contributed by atoms with E-state index in [0.29, 0.717) is 29.7 Å². The van der Waals surface area contributed by atoms with Crippen molar-refractivity contribution >= 4 is 17.7 Å². The molecule has 0 unspecified atom stereocenters. The van der Waals surface area contributed by atoms with E-state index in [2.05, 4.69) is 0 Å². The highest BCUT2D eigenvalue weighted by Gasteiger charge is 2.16. The number of halogens is 1. The van der Waals surface area contributed by atoms with Crippen LogP contribution in [0.3, 0.4) is 0 Å². The molecule has 1 N–H and O–H groups in total. The lowest BCUT2D eigenvalue weighted by molar-refractivity contribution is 0.171. The van der Waals surface area contributed by atoms with Crippen molar-refractivity contribution in [1.29, 1.82) is 0 Å². The van der Waals surface area contributed by atoms with Gasteiger partial charge < -0.3 is 14.6 Å². The molecule has 0 saturated heterocycles. The maximum absolute atomic E-state index is 9.14. The van der Waals surface area contributed by atoms with Gasteiger partial charge in [-0.2, -0.15) is 0 Å². The Hall–Kier alpha value is -1.19. The molecule has 0 aliphatic carbocycles. The van der Waals surface area contributed by atoms with E-state index < -0.39 is 0 Å². The van der Waals surface area contributed by atoms with Gasteiger partial charge in [-0.3, -0.25) is 0 Å². The number of rotatable bonds is 3. The molecule has 0 bridgehead atoms. The molecule has 2 rings (SSSR count). The highest BCUT2D eigenvalue weighted by molar-refractivity contribution is 6.32. The fourth-order valence-electron chi connectivity index (χ4n) is 1.71. The van der Waals surface area contributed by atoms with E-state index in [9.17, 15) is 0 Å². The third kappa shape index (κ3) is 2.73. The molecule has 0 atom stereocenters. The third-order valence-electron chi connectivity index (χ3n) is 2.65. The first-order valence-corrected chi connectivity index (χ1v) is 6.02. The Morgan fingerprint density at radius 2 is 2.18 bits per heavy atom. The third-order valence-corrected chi connectivity index (χ3v) is 2.93.